The van der Waals surface area contributed by atoms with Crippen molar-refractivity contribution in [3.8, 4) is 22.8 Å². The molecule has 0 atom stereocenters. The van der Waals surface area contributed by atoms with E-state index < -0.39 is 11.4 Å². The van der Waals surface area contributed by atoms with Crippen molar-refractivity contribution in [3.05, 3.63) is 45.7 Å². The summed E-state index contributed by atoms with van der Waals surface area (Å²) in [6.07, 6.45) is 4.43. The molecule has 148 valence electrons. The van der Waals surface area contributed by atoms with Crippen molar-refractivity contribution in [1.82, 2.24) is 4.57 Å². The lowest BCUT2D eigenvalue weighted by Gasteiger charge is -2.16. The fourth-order valence-corrected chi connectivity index (χ4v) is 3.53. The molecular weight excluding hydrogens is 362 g/mol. The molecule has 0 bridgehead atoms. The Bertz CT molecular complexity index is 960. The van der Waals surface area contributed by atoms with Crippen LogP contribution in [0.5, 0.6) is 11.5 Å². The minimum absolute atomic E-state index is 0.229. The number of hydrogen-bond donors (Lipinski definition) is 1. The molecule has 1 fully saturated rings. The fraction of sp³-hybridized carbons (Fsp3) is 0.429. The van der Waals surface area contributed by atoms with Crippen LogP contribution in [0.4, 0.5) is 0 Å². The number of rotatable bonds is 7. The van der Waals surface area contributed by atoms with Gasteiger partial charge >= 0.3 is 5.97 Å². The van der Waals surface area contributed by atoms with Gasteiger partial charge in [-0.25, -0.2) is 4.79 Å². The van der Waals surface area contributed by atoms with Crippen LogP contribution < -0.4 is 14.9 Å². The minimum Gasteiger partial charge on any atom is -0.493 e. The van der Waals surface area contributed by atoms with Gasteiger partial charge in [0.2, 0.25) is 0 Å². The van der Waals surface area contributed by atoms with Gasteiger partial charge in [-0.15, -0.1) is 0 Å². The van der Waals surface area contributed by atoms with Gasteiger partial charge in [0.25, 0.3) is 0 Å². The normalized spacial score (nSPS) is 15.2. The third-order valence-electron chi connectivity index (χ3n) is 5.10. The number of fused-ring (bicyclic) bond motifs is 3. The molecule has 1 aromatic carbocycles. The standard InChI is InChI=1S/C21H23NO6/c1-26-6-2-7-27-19-11-20-15(9-14(19)13-3-4-13)17-10-18(23)16(21(24)25)12-22(17)5-8-28-20/h9-13H,2-8H2,1H3,(H,24,25). The van der Waals surface area contributed by atoms with Crippen LogP contribution >= 0.6 is 0 Å². The first-order valence-electron chi connectivity index (χ1n) is 9.49. The Morgan fingerprint density at radius 3 is 2.82 bits per heavy atom. The number of aromatic nitrogens is 1. The summed E-state index contributed by atoms with van der Waals surface area (Å²) in [7, 11) is 1.67. The molecule has 7 heteroatoms. The van der Waals surface area contributed by atoms with Crippen molar-refractivity contribution in [2.45, 2.75) is 31.7 Å². The molecule has 2 heterocycles. The second-order valence-corrected chi connectivity index (χ2v) is 7.14. The van der Waals surface area contributed by atoms with Crippen LogP contribution in [-0.4, -0.2) is 42.6 Å². The summed E-state index contributed by atoms with van der Waals surface area (Å²) < 4.78 is 18.8. The van der Waals surface area contributed by atoms with Crippen LogP contribution in [0.2, 0.25) is 0 Å². The van der Waals surface area contributed by atoms with E-state index in [1.165, 1.54) is 12.3 Å². The van der Waals surface area contributed by atoms with Crippen LogP contribution in [0, 0.1) is 0 Å². The average Bonchev–Trinajstić information content (AvgIpc) is 3.51. The molecule has 0 saturated heterocycles. The summed E-state index contributed by atoms with van der Waals surface area (Å²) in [4.78, 5) is 23.6. The van der Waals surface area contributed by atoms with Gasteiger partial charge in [-0.05, 0) is 30.4 Å². The van der Waals surface area contributed by atoms with Gasteiger partial charge in [-0.1, -0.05) is 0 Å². The quantitative estimate of drug-likeness (QED) is 0.738. The van der Waals surface area contributed by atoms with Crippen LogP contribution in [0.1, 0.15) is 41.1 Å². The van der Waals surface area contributed by atoms with E-state index in [1.54, 1.807) is 11.7 Å². The van der Waals surface area contributed by atoms with Crippen molar-refractivity contribution in [3.63, 3.8) is 0 Å². The van der Waals surface area contributed by atoms with Gasteiger partial charge in [0.05, 0.1) is 18.8 Å². The summed E-state index contributed by atoms with van der Waals surface area (Å²) in [5.41, 5.74) is 1.86. The number of benzene rings is 1. The molecule has 1 aliphatic carbocycles. The second-order valence-electron chi connectivity index (χ2n) is 7.14. The predicted octanol–water partition coefficient (Wildman–Crippen LogP) is 2.90. The van der Waals surface area contributed by atoms with Gasteiger partial charge < -0.3 is 23.9 Å². The molecule has 7 nitrogen and oxygen atoms in total. The Hall–Kier alpha value is -2.80. The number of hydrogen-bond acceptors (Lipinski definition) is 5. The van der Waals surface area contributed by atoms with E-state index in [-0.39, 0.29) is 5.56 Å². The number of pyridine rings is 1. The summed E-state index contributed by atoms with van der Waals surface area (Å²) in [5.74, 6) is 0.698. The van der Waals surface area contributed by atoms with E-state index >= 15 is 0 Å². The number of aromatic carboxylic acids is 1. The topological polar surface area (TPSA) is 87.0 Å². The third kappa shape index (κ3) is 3.62. The van der Waals surface area contributed by atoms with E-state index in [2.05, 4.69) is 0 Å². The summed E-state index contributed by atoms with van der Waals surface area (Å²) in [5, 5.41) is 9.24. The van der Waals surface area contributed by atoms with Crippen LogP contribution in [0.3, 0.4) is 0 Å². The van der Waals surface area contributed by atoms with E-state index in [4.69, 9.17) is 14.2 Å². The Labute approximate surface area is 162 Å². The number of methoxy groups -OCH3 is 1. The van der Waals surface area contributed by atoms with Crippen LogP contribution in [-0.2, 0) is 11.3 Å². The average molecular weight is 385 g/mol. The molecule has 1 N–H and O–H groups in total. The third-order valence-corrected chi connectivity index (χ3v) is 5.10. The lowest BCUT2D eigenvalue weighted by atomic mass is 10.0. The zero-order chi connectivity index (χ0) is 19.7. The first kappa shape index (κ1) is 18.6. The molecule has 0 unspecified atom stereocenters. The molecule has 1 saturated carbocycles. The van der Waals surface area contributed by atoms with Crippen molar-refractivity contribution in [2.24, 2.45) is 0 Å². The predicted molar refractivity (Wildman–Crippen MR) is 103 cm³/mol. The highest BCUT2D eigenvalue weighted by Crippen LogP contribution is 2.48. The lowest BCUT2D eigenvalue weighted by Crippen LogP contribution is -2.19. The highest BCUT2D eigenvalue weighted by Gasteiger charge is 2.30. The Morgan fingerprint density at radius 1 is 1.29 bits per heavy atom. The maximum atomic E-state index is 12.3. The molecular formula is C21H23NO6. The van der Waals surface area contributed by atoms with E-state index in [0.717, 1.165) is 36.1 Å². The smallest absolute Gasteiger partial charge is 0.341 e. The minimum atomic E-state index is -1.22. The molecule has 2 aromatic rings. The van der Waals surface area contributed by atoms with Crippen LogP contribution in [0.15, 0.2) is 29.2 Å². The number of carboxylic acid groups (broad SMARTS) is 1. The highest BCUT2D eigenvalue weighted by atomic mass is 16.5. The molecule has 2 aliphatic rings. The van der Waals surface area contributed by atoms with Gasteiger partial charge in [0.15, 0.2) is 5.43 Å². The maximum absolute atomic E-state index is 12.3. The van der Waals surface area contributed by atoms with Crippen molar-refractivity contribution in [1.29, 1.82) is 0 Å². The molecule has 28 heavy (non-hydrogen) atoms. The van der Waals surface area contributed by atoms with E-state index in [0.29, 0.717) is 43.7 Å². The number of carboxylic acids is 1. The largest absolute Gasteiger partial charge is 0.493 e. The number of ether oxygens (including phenoxy) is 3. The molecule has 4 rings (SSSR count). The van der Waals surface area contributed by atoms with Gasteiger partial charge in [0, 0.05) is 44.0 Å². The summed E-state index contributed by atoms with van der Waals surface area (Å²) in [6.45, 7) is 2.05. The van der Waals surface area contributed by atoms with Crippen molar-refractivity contribution in [2.75, 3.05) is 26.9 Å². The summed E-state index contributed by atoms with van der Waals surface area (Å²) in [6, 6.07) is 5.34. The van der Waals surface area contributed by atoms with Gasteiger partial charge in [-0.3, -0.25) is 4.79 Å². The zero-order valence-corrected chi connectivity index (χ0v) is 15.8. The Kier molecular flexibility index (Phi) is 5.09. The van der Waals surface area contributed by atoms with Crippen molar-refractivity contribution >= 4 is 5.97 Å². The molecule has 1 aromatic heterocycles. The van der Waals surface area contributed by atoms with E-state index in [1.807, 2.05) is 12.1 Å². The summed E-state index contributed by atoms with van der Waals surface area (Å²) >= 11 is 0. The SMILES string of the molecule is COCCCOc1cc2c(cc1C1CC1)-c1cc(=O)c(C(=O)O)cn1CCO2. The molecule has 0 radical (unpaired) electrons. The van der Waals surface area contributed by atoms with Gasteiger partial charge in [-0.2, -0.15) is 0 Å². The first-order chi connectivity index (χ1) is 13.6. The highest BCUT2D eigenvalue weighted by molar-refractivity contribution is 5.87. The molecule has 1 aliphatic heterocycles. The fourth-order valence-electron chi connectivity index (χ4n) is 3.53. The lowest BCUT2D eigenvalue weighted by molar-refractivity contribution is 0.0694. The number of nitrogens with zero attached hydrogens (tertiary/aromatic N) is 1. The van der Waals surface area contributed by atoms with E-state index in [9.17, 15) is 14.7 Å². The second kappa shape index (κ2) is 7.67. The Balaban J connectivity index is 1.76. The molecule has 0 amide bonds. The Morgan fingerprint density at radius 2 is 2.11 bits per heavy atom. The van der Waals surface area contributed by atoms with Gasteiger partial charge in [0.1, 0.15) is 23.7 Å². The first-order valence-corrected chi connectivity index (χ1v) is 9.49. The van der Waals surface area contributed by atoms with Crippen LogP contribution in [0.25, 0.3) is 11.3 Å². The zero-order valence-electron chi connectivity index (χ0n) is 15.8. The monoisotopic (exact) mass is 385 g/mol. The number of carbonyl (C=O) groups is 1. The molecule has 0 spiro atoms. The van der Waals surface area contributed by atoms with Crippen molar-refractivity contribution < 1.29 is 24.1 Å². The maximum Gasteiger partial charge on any atom is 0.341 e.